The Balaban J connectivity index is 1.61. The van der Waals surface area contributed by atoms with Crippen LogP contribution in [0.1, 0.15) is 42.6 Å². The third kappa shape index (κ3) is 4.07. The van der Waals surface area contributed by atoms with Crippen LogP contribution in [0.3, 0.4) is 0 Å². The molecule has 26 heavy (non-hydrogen) atoms. The van der Waals surface area contributed by atoms with Crippen molar-refractivity contribution in [3.63, 3.8) is 0 Å². The van der Waals surface area contributed by atoms with Crippen molar-refractivity contribution < 1.29 is 22.4 Å². The molecule has 0 N–H and O–H groups in total. The minimum atomic E-state index is -4.40. The minimum Gasteiger partial charge on any atom is -0.377 e. The lowest BCUT2D eigenvalue weighted by molar-refractivity contribution is -0.141. The summed E-state index contributed by atoms with van der Waals surface area (Å²) in [4.78, 5) is 10.1. The highest BCUT2D eigenvalue weighted by molar-refractivity contribution is 5.10. The van der Waals surface area contributed by atoms with Crippen molar-refractivity contribution in [3.05, 3.63) is 29.4 Å². The van der Waals surface area contributed by atoms with Gasteiger partial charge in [0.05, 0.1) is 6.04 Å². The van der Waals surface area contributed by atoms with E-state index < -0.39 is 11.9 Å². The molecule has 0 aliphatic carbocycles. The van der Waals surface area contributed by atoms with Gasteiger partial charge >= 0.3 is 6.18 Å². The van der Waals surface area contributed by atoms with Crippen molar-refractivity contribution in [3.8, 4) is 0 Å². The van der Waals surface area contributed by atoms with Gasteiger partial charge in [-0.25, -0.2) is 4.98 Å². The van der Waals surface area contributed by atoms with Gasteiger partial charge in [0.2, 0.25) is 5.89 Å². The molecule has 0 bridgehead atoms. The highest BCUT2D eigenvalue weighted by atomic mass is 19.4. The Labute approximate surface area is 149 Å². The van der Waals surface area contributed by atoms with Crippen LogP contribution in [0.15, 0.2) is 10.7 Å². The van der Waals surface area contributed by atoms with Gasteiger partial charge in [0.25, 0.3) is 0 Å². The summed E-state index contributed by atoms with van der Waals surface area (Å²) in [5.41, 5.74) is -0.814. The molecule has 10 heteroatoms. The first-order valence-corrected chi connectivity index (χ1v) is 8.42. The Hall–Kier alpha value is -1.94. The number of imidazole rings is 1. The number of nitrogens with zero attached hydrogens (tertiary/aromatic N) is 5. The Morgan fingerprint density at radius 2 is 2.19 bits per heavy atom. The van der Waals surface area contributed by atoms with Crippen LogP contribution in [0.5, 0.6) is 0 Å². The van der Waals surface area contributed by atoms with E-state index in [0.29, 0.717) is 37.0 Å². The van der Waals surface area contributed by atoms with Gasteiger partial charge in [0, 0.05) is 32.8 Å². The van der Waals surface area contributed by atoms with Crippen molar-refractivity contribution in [2.45, 2.75) is 45.1 Å². The monoisotopic (exact) mass is 373 g/mol. The van der Waals surface area contributed by atoms with E-state index in [-0.39, 0.29) is 18.6 Å². The summed E-state index contributed by atoms with van der Waals surface area (Å²) in [6, 6.07) is -0.0944. The maximum atomic E-state index is 12.8. The Morgan fingerprint density at radius 3 is 2.88 bits per heavy atom. The van der Waals surface area contributed by atoms with E-state index in [2.05, 4.69) is 20.0 Å². The van der Waals surface area contributed by atoms with Crippen LogP contribution in [0.4, 0.5) is 13.2 Å². The Morgan fingerprint density at radius 1 is 1.42 bits per heavy atom. The van der Waals surface area contributed by atoms with Gasteiger partial charge in [0.1, 0.15) is 12.4 Å². The number of rotatable bonds is 6. The zero-order valence-electron chi connectivity index (χ0n) is 15.0. The number of ether oxygens (including phenoxy) is 1. The predicted octanol–water partition coefficient (Wildman–Crippen LogP) is 2.69. The summed E-state index contributed by atoms with van der Waals surface area (Å²) in [7, 11) is 3.50. The highest BCUT2D eigenvalue weighted by Gasteiger charge is 2.36. The summed E-state index contributed by atoms with van der Waals surface area (Å²) in [6.07, 6.45) is -1.95. The van der Waals surface area contributed by atoms with E-state index in [9.17, 15) is 13.2 Å². The minimum absolute atomic E-state index is 0.0944. The van der Waals surface area contributed by atoms with Gasteiger partial charge in [-0.15, -0.1) is 0 Å². The van der Waals surface area contributed by atoms with Crippen LogP contribution in [0.2, 0.25) is 0 Å². The number of fused-ring (bicyclic) bond motifs is 1. The molecule has 1 aliphatic heterocycles. The fraction of sp³-hybridized carbons (Fsp3) is 0.688. The van der Waals surface area contributed by atoms with Crippen LogP contribution in [0.25, 0.3) is 0 Å². The van der Waals surface area contributed by atoms with Crippen LogP contribution >= 0.6 is 0 Å². The summed E-state index contributed by atoms with van der Waals surface area (Å²) in [6.45, 7) is 3.47. The Kier molecular flexibility index (Phi) is 5.33. The molecule has 2 atom stereocenters. The fourth-order valence-corrected chi connectivity index (χ4v) is 3.18. The van der Waals surface area contributed by atoms with Gasteiger partial charge in [-0.3, -0.25) is 4.90 Å². The van der Waals surface area contributed by atoms with Crippen LogP contribution in [0, 0.1) is 5.92 Å². The molecule has 0 radical (unpaired) electrons. The maximum absolute atomic E-state index is 12.8. The highest BCUT2D eigenvalue weighted by Crippen LogP contribution is 2.31. The predicted molar refractivity (Wildman–Crippen MR) is 85.1 cm³/mol. The molecule has 2 aromatic heterocycles. The molecule has 0 aromatic carbocycles. The second-order valence-corrected chi connectivity index (χ2v) is 6.69. The average Bonchev–Trinajstić information content (AvgIpc) is 3.20. The third-order valence-electron chi connectivity index (χ3n) is 4.70. The molecule has 7 nitrogen and oxygen atoms in total. The lowest BCUT2D eigenvalue weighted by Gasteiger charge is -2.30. The van der Waals surface area contributed by atoms with E-state index in [4.69, 9.17) is 9.26 Å². The van der Waals surface area contributed by atoms with Crippen molar-refractivity contribution in [2.24, 2.45) is 5.92 Å². The second kappa shape index (κ2) is 7.36. The lowest BCUT2D eigenvalue weighted by atomic mass is 9.98. The van der Waals surface area contributed by atoms with Crippen LogP contribution in [-0.4, -0.2) is 45.3 Å². The summed E-state index contributed by atoms with van der Waals surface area (Å²) >= 11 is 0. The van der Waals surface area contributed by atoms with Crippen molar-refractivity contribution >= 4 is 0 Å². The topological polar surface area (TPSA) is 69.2 Å². The van der Waals surface area contributed by atoms with Crippen LogP contribution in [-0.2, 0) is 30.5 Å². The molecule has 3 rings (SSSR count). The number of hydrogen-bond donors (Lipinski definition) is 0. The summed E-state index contributed by atoms with van der Waals surface area (Å²) < 4.78 is 50.3. The van der Waals surface area contributed by atoms with Gasteiger partial charge in [-0.2, -0.15) is 18.2 Å². The zero-order chi connectivity index (χ0) is 18.9. The standard InChI is InChI=1S/C16H22F3N5O2/c1-10(15-21-13(9-25-3)22-26-15)23(2)6-11-4-5-14-20-12(16(17,18)19)8-24(14)7-11/h8,10-11H,4-7,9H2,1-3H3. The third-order valence-corrected chi connectivity index (χ3v) is 4.70. The first-order valence-electron chi connectivity index (χ1n) is 8.42. The molecule has 0 spiro atoms. The molecule has 0 saturated heterocycles. The molecule has 3 heterocycles. The van der Waals surface area contributed by atoms with E-state index in [1.807, 2.05) is 14.0 Å². The molecule has 2 unspecified atom stereocenters. The molecule has 144 valence electrons. The van der Waals surface area contributed by atoms with E-state index >= 15 is 0 Å². The number of hydrogen-bond acceptors (Lipinski definition) is 6. The number of methoxy groups -OCH3 is 1. The molecular formula is C16H22F3N5O2. The van der Waals surface area contributed by atoms with Crippen molar-refractivity contribution in [1.82, 2.24) is 24.6 Å². The molecular weight excluding hydrogens is 351 g/mol. The molecule has 0 saturated carbocycles. The first-order chi connectivity index (χ1) is 12.3. The smallest absolute Gasteiger partial charge is 0.377 e. The summed E-state index contributed by atoms with van der Waals surface area (Å²) in [5, 5.41) is 3.86. The number of halogens is 3. The van der Waals surface area contributed by atoms with Crippen LogP contribution < -0.4 is 0 Å². The van der Waals surface area contributed by atoms with E-state index in [0.717, 1.165) is 12.6 Å². The Bertz CT molecular complexity index is 743. The van der Waals surface area contributed by atoms with Crippen molar-refractivity contribution in [1.29, 1.82) is 0 Å². The molecule has 1 aliphatic rings. The maximum Gasteiger partial charge on any atom is 0.434 e. The lowest BCUT2D eigenvalue weighted by Crippen LogP contribution is -2.33. The molecule has 0 fully saturated rings. The fourth-order valence-electron chi connectivity index (χ4n) is 3.18. The van der Waals surface area contributed by atoms with Crippen molar-refractivity contribution in [2.75, 3.05) is 20.7 Å². The number of alkyl halides is 3. The second-order valence-electron chi connectivity index (χ2n) is 6.69. The van der Waals surface area contributed by atoms with Gasteiger partial charge in [-0.05, 0) is 26.3 Å². The number of aromatic nitrogens is 4. The number of aryl methyl sites for hydroxylation is 1. The van der Waals surface area contributed by atoms with Gasteiger partial charge in [-0.1, -0.05) is 5.16 Å². The molecule has 2 aromatic rings. The van der Waals surface area contributed by atoms with Gasteiger partial charge < -0.3 is 13.8 Å². The largest absolute Gasteiger partial charge is 0.434 e. The molecule has 0 amide bonds. The first kappa shape index (κ1) is 18.8. The van der Waals surface area contributed by atoms with Gasteiger partial charge in [0.15, 0.2) is 11.5 Å². The van der Waals surface area contributed by atoms with E-state index in [1.54, 1.807) is 11.7 Å². The quantitative estimate of drug-likeness (QED) is 0.776. The summed E-state index contributed by atoms with van der Waals surface area (Å²) in [5.74, 6) is 1.72. The average molecular weight is 373 g/mol. The van der Waals surface area contributed by atoms with E-state index in [1.165, 1.54) is 0 Å². The zero-order valence-corrected chi connectivity index (χ0v) is 15.0. The SMILES string of the molecule is COCc1noc(C(C)N(C)CC2CCc3nc(C(F)(F)F)cn3C2)n1. The normalized spacial score (nSPS) is 19.0.